The number of benzene rings is 6. The van der Waals surface area contributed by atoms with Gasteiger partial charge in [0.15, 0.2) is 11.6 Å². The lowest BCUT2D eigenvalue weighted by atomic mass is 9.97. The fraction of sp³-hybridized carbons (Fsp3) is 0. The van der Waals surface area contributed by atoms with Crippen LogP contribution in [0.1, 0.15) is 0 Å². The Balaban J connectivity index is 1.27. The minimum Gasteiger partial charge on any atom is -0.368 e. The molecule has 2 aliphatic rings. The van der Waals surface area contributed by atoms with E-state index >= 15 is 0 Å². The summed E-state index contributed by atoms with van der Waals surface area (Å²) in [6, 6.07) is 38.7. The van der Waals surface area contributed by atoms with Gasteiger partial charge in [-0.05, 0) is 78.2 Å². The number of hydrogen-bond donors (Lipinski definition) is 1. The van der Waals surface area contributed by atoms with Gasteiger partial charge in [-0.1, -0.05) is 97.1 Å². The fourth-order valence-electron chi connectivity index (χ4n) is 6.64. The number of nitrogens with zero attached hydrogens (tertiary/aromatic N) is 3. The Hall–Kier alpha value is -5.35. The van der Waals surface area contributed by atoms with Crippen LogP contribution < -0.4 is 5.73 Å². The van der Waals surface area contributed by atoms with Crippen LogP contribution in [0.25, 0.3) is 88.8 Å². The van der Waals surface area contributed by atoms with Gasteiger partial charge in [-0.25, -0.2) is 4.98 Å². The largest absolute Gasteiger partial charge is 0.368 e. The normalized spacial score (nSPS) is 12.2. The minimum absolute atomic E-state index is 0.216. The molecule has 4 nitrogen and oxygen atoms in total. The van der Waals surface area contributed by atoms with E-state index in [9.17, 15) is 0 Å². The van der Waals surface area contributed by atoms with E-state index in [1.165, 1.54) is 55.3 Å². The maximum absolute atomic E-state index is 6.34. The lowest BCUT2D eigenvalue weighted by Crippen LogP contribution is -2.03. The van der Waals surface area contributed by atoms with Crippen LogP contribution >= 0.6 is 0 Å². The molecule has 0 spiro atoms. The number of fused-ring (bicyclic) bond motifs is 6. The molecule has 0 radical (unpaired) electrons. The summed E-state index contributed by atoms with van der Waals surface area (Å²) in [5, 5.41) is 4.71. The third-order valence-electron chi connectivity index (χ3n) is 8.23. The average molecular weight is 497 g/mol. The quantitative estimate of drug-likeness (QED) is 0.261. The van der Waals surface area contributed by atoms with Crippen molar-refractivity contribution >= 4 is 27.5 Å². The summed E-state index contributed by atoms with van der Waals surface area (Å²) in [7, 11) is 0. The van der Waals surface area contributed by atoms with Gasteiger partial charge < -0.3 is 5.73 Å². The van der Waals surface area contributed by atoms with E-state index in [0.717, 1.165) is 21.9 Å². The highest BCUT2D eigenvalue weighted by Gasteiger charge is 2.25. The van der Waals surface area contributed by atoms with Gasteiger partial charge in [0.05, 0.1) is 0 Å². The zero-order valence-corrected chi connectivity index (χ0v) is 20.8. The zero-order chi connectivity index (χ0) is 25.7. The van der Waals surface area contributed by atoms with Gasteiger partial charge in [-0.15, -0.1) is 0 Å². The smallest absolute Gasteiger partial charge is 0.224 e. The molecule has 0 saturated heterocycles. The molecular weight excluding hydrogens is 476 g/mol. The first-order chi connectivity index (χ1) is 19.3. The third-order valence-corrected chi connectivity index (χ3v) is 8.23. The van der Waals surface area contributed by atoms with Gasteiger partial charge in [0.2, 0.25) is 5.95 Å². The van der Waals surface area contributed by atoms with Crippen molar-refractivity contribution in [1.29, 1.82) is 0 Å². The average Bonchev–Trinajstić information content (AvgIpc) is 3.49. The van der Waals surface area contributed by atoms with E-state index in [-0.39, 0.29) is 5.95 Å². The standard InChI is InChI=1S/C35H20N4/c36-35-38-33(29-17-15-27-21-9-3-1-7-19(21)23-11-5-13-25(29)31(23)27)37-34(39-35)30-18-16-28-22-10-4-2-8-20(22)24-12-6-14-26(30)32(24)28/h1-18H,(H2,36,37,38,39). The SMILES string of the molecule is Nc1nc(-c2ccc3c4c(cccc24)-c2ccccc2-3)nc(-c2ccc3c4c(cccc24)-c2ccccc2-3)n1. The van der Waals surface area contributed by atoms with Crippen molar-refractivity contribution in [2.24, 2.45) is 0 Å². The van der Waals surface area contributed by atoms with Crippen molar-refractivity contribution in [3.8, 4) is 67.3 Å². The molecule has 2 N–H and O–H groups in total. The van der Waals surface area contributed by atoms with Crippen molar-refractivity contribution in [3.05, 3.63) is 109 Å². The number of anilines is 1. The van der Waals surface area contributed by atoms with Gasteiger partial charge in [-0.2, -0.15) is 9.97 Å². The molecule has 0 unspecified atom stereocenters. The number of rotatable bonds is 2. The molecule has 6 aromatic carbocycles. The Bertz CT molecular complexity index is 1980. The summed E-state index contributed by atoms with van der Waals surface area (Å²) in [4.78, 5) is 14.3. The predicted octanol–water partition coefficient (Wildman–Crippen LogP) is 8.39. The molecule has 180 valence electrons. The van der Waals surface area contributed by atoms with E-state index in [1.54, 1.807) is 0 Å². The lowest BCUT2D eigenvalue weighted by molar-refractivity contribution is 1.08. The summed E-state index contributed by atoms with van der Waals surface area (Å²) >= 11 is 0. The van der Waals surface area contributed by atoms with Crippen LogP contribution in [0.4, 0.5) is 5.95 Å². The number of nitrogen functional groups attached to an aromatic ring is 1. The second kappa shape index (κ2) is 7.36. The van der Waals surface area contributed by atoms with Gasteiger partial charge in [0.25, 0.3) is 0 Å². The third kappa shape index (κ3) is 2.70. The fourth-order valence-corrected chi connectivity index (χ4v) is 6.64. The Morgan fingerprint density at radius 3 is 1.13 bits per heavy atom. The second-order valence-corrected chi connectivity index (χ2v) is 10.2. The van der Waals surface area contributed by atoms with E-state index in [0.29, 0.717) is 11.6 Å². The molecule has 7 aromatic rings. The van der Waals surface area contributed by atoms with E-state index < -0.39 is 0 Å². The molecule has 1 aromatic heterocycles. The van der Waals surface area contributed by atoms with E-state index in [4.69, 9.17) is 10.7 Å². The molecule has 0 amide bonds. The van der Waals surface area contributed by atoms with Crippen LogP contribution in [0.15, 0.2) is 109 Å². The van der Waals surface area contributed by atoms with Crippen LogP contribution in [-0.4, -0.2) is 15.0 Å². The van der Waals surface area contributed by atoms with Crippen molar-refractivity contribution in [2.75, 3.05) is 5.73 Å². The first kappa shape index (κ1) is 20.7. The Morgan fingerprint density at radius 2 is 0.692 bits per heavy atom. The molecule has 2 aliphatic carbocycles. The molecular formula is C35H20N4. The summed E-state index contributed by atoms with van der Waals surface area (Å²) in [5.41, 5.74) is 18.3. The van der Waals surface area contributed by atoms with Crippen LogP contribution in [0.3, 0.4) is 0 Å². The minimum atomic E-state index is 0.216. The van der Waals surface area contributed by atoms with Crippen molar-refractivity contribution in [3.63, 3.8) is 0 Å². The van der Waals surface area contributed by atoms with Crippen LogP contribution in [0.2, 0.25) is 0 Å². The molecule has 9 rings (SSSR count). The Labute approximate surface area is 224 Å². The van der Waals surface area contributed by atoms with Crippen molar-refractivity contribution < 1.29 is 0 Å². The monoisotopic (exact) mass is 496 g/mol. The maximum Gasteiger partial charge on any atom is 0.224 e. The summed E-state index contributed by atoms with van der Waals surface area (Å²) in [6.45, 7) is 0. The highest BCUT2D eigenvalue weighted by molar-refractivity contribution is 6.19. The van der Waals surface area contributed by atoms with E-state index in [1.807, 2.05) is 0 Å². The van der Waals surface area contributed by atoms with Crippen LogP contribution in [0.5, 0.6) is 0 Å². The number of nitrogens with two attached hydrogens (primary N) is 1. The Morgan fingerprint density at radius 1 is 0.333 bits per heavy atom. The second-order valence-electron chi connectivity index (χ2n) is 10.2. The Kier molecular flexibility index (Phi) is 3.90. The van der Waals surface area contributed by atoms with Crippen molar-refractivity contribution in [2.45, 2.75) is 0 Å². The van der Waals surface area contributed by atoms with E-state index in [2.05, 4.69) is 119 Å². The highest BCUT2D eigenvalue weighted by Crippen LogP contribution is 2.50. The molecule has 0 aliphatic heterocycles. The first-order valence-electron chi connectivity index (χ1n) is 13.1. The van der Waals surface area contributed by atoms with Crippen molar-refractivity contribution in [1.82, 2.24) is 15.0 Å². The molecule has 1 heterocycles. The maximum atomic E-state index is 6.34. The molecule has 39 heavy (non-hydrogen) atoms. The van der Waals surface area contributed by atoms with Gasteiger partial charge in [0, 0.05) is 11.1 Å². The zero-order valence-electron chi connectivity index (χ0n) is 20.8. The van der Waals surface area contributed by atoms with Crippen LogP contribution in [0, 0.1) is 0 Å². The summed E-state index contributed by atoms with van der Waals surface area (Å²) < 4.78 is 0. The highest BCUT2D eigenvalue weighted by atomic mass is 15.1. The molecule has 0 atom stereocenters. The number of hydrogen-bond acceptors (Lipinski definition) is 4. The molecule has 4 heteroatoms. The number of aromatic nitrogens is 3. The topological polar surface area (TPSA) is 64.7 Å². The predicted molar refractivity (Wildman–Crippen MR) is 159 cm³/mol. The summed E-state index contributed by atoms with van der Waals surface area (Å²) in [6.07, 6.45) is 0. The van der Waals surface area contributed by atoms with Crippen LogP contribution in [-0.2, 0) is 0 Å². The molecule has 0 bridgehead atoms. The van der Waals surface area contributed by atoms with Gasteiger partial charge in [0.1, 0.15) is 0 Å². The first-order valence-corrected chi connectivity index (χ1v) is 13.1. The lowest BCUT2D eigenvalue weighted by Gasteiger charge is -2.12. The molecule has 0 fully saturated rings. The van der Waals surface area contributed by atoms with Gasteiger partial charge in [-0.3, -0.25) is 0 Å². The molecule has 0 saturated carbocycles. The summed E-state index contributed by atoms with van der Waals surface area (Å²) in [5.74, 6) is 1.39. The van der Waals surface area contributed by atoms with Gasteiger partial charge >= 0.3 is 0 Å².